The summed E-state index contributed by atoms with van der Waals surface area (Å²) in [4.78, 5) is 35.1. The van der Waals surface area contributed by atoms with Crippen LogP contribution in [-0.4, -0.2) is 62.6 Å². The molecule has 0 saturated heterocycles. The third-order valence-electron chi connectivity index (χ3n) is 5.93. The van der Waals surface area contributed by atoms with Crippen molar-refractivity contribution in [3.8, 4) is 0 Å². The van der Waals surface area contributed by atoms with Crippen LogP contribution in [-0.2, 0) is 11.3 Å². The summed E-state index contributed by atoms with van der Waals surface area (Å²) < 4.78 is 42.9. The zero-order chi connectivity index (χ0) is 25.3. The summed E-state index contributed by atoms with van der Waals surface area (Å²) in [6.45, 7) is -0.216. The topological polar surface area (TPSA) is 112 Å². The number of likely N-dealkylation sites (N-methyl/N-ethyl adjacent to an activating group) is 1. The first-order valence-corrected chi connectivity index (χ1v) is 11.1. The Morgan fingerprint density at radius 1 is 1.11 bits per heavy atom. The summed E-state index contributed by atoms with van der Waals surface area (Å²) in [7, 11) is 3.13. The highest BCUT2D eigenvalue weighted by Gasteiger charge is 2.24. The van der Waals surface area contributed by atoms with Gasteiger partial charge in [-0.3, -0.25) is 14.9 Å². The highest BCUT2D eigenvalue weighted by Crippen LogP contribution is 2.26. The van der Waals surface area contributed by atoms with Gasteiger partial charge in [0.05, 0.1) is 17.8 Å². The van der Waals surface area contributed by atoms with Gasteiger partial charge < -0.3 is 19.9 Å². The van der Waals surface area contributed by atoms with E-state index in [2.05, 4.69) is 20.6 Å². The monoisotopic (exact) mass is 490 g/mol. The Labute approximate surface area is 199 Å². The molecule has 0 aliphatic heterocycles. The molecule has 9 nitrogen and oxygen atoms in total. The third-order valence-corrected chi connectivity index (χ3v) is 5.93. The van der Waals surface area contributed by atoms with Crippen LogP contribution in [0.1, 0.15) is 36.0 Å². The molecule has 3 aromatic rings. The van der Waals surface area contributed by atoms with E-state index < -0.39 is 28.9 Å². The van der Waals surface area contributed by atoms with Crippen molar-refractivity contribution in [2.24, 2.45) is 0 Å². The first kappa shape index (κ1) is 24.5. The molecule has 1 saturated carbocycles. The average Bonchev–Trinajstić information content (AvgIpc) is 3.10. The number of benzene rings is 1. The fourth-order valence-corrected chi connectivity index (χ4v) is 3.99. The molecule has 0 unspecified atom stereocenters. The molecule has 1 aliphatic rings. The van der Waals surface area contributed by atoms with Gasteiger partial charge in [-0.1, -0.05) is 0 Å². The maximum absolute atomic E-state index is 14.1. The number of nitrogens with one attached hydrogen (secondary N) is 2. The minimum atomic E-state index is -1.36. The number of nitrogens with zero attached hydrogens (tertiary/aromatic N) is 4. The number of halogens is 3. The lowest BCUT2D eigenvalue weighted by molar-refractivity contribution is -0.129. The molecule has 1 fully saturated rings. The summed E-state index contributed by atoms with van der Waals surface area (Å²) in [5, 5.41) is 15.4. The van der Waals surface area contributed by atoms with Gasteiger partial charge in [-0.2, -0.15) is 0 Å². The van der Waals surface area contributed by atoms with E-state index in [9.17, 15) is 27.9 Å². The smallest absolute Gasteiger partial charge is 0.263 e. The minimum Gasteiger partial charge on any atom is -0.393 e. The van der Waals surface area contributed by atoms with Crippen LogP contribution < -0.4 is 10.6 Å². The molecular weight excluding hydrogens is 465 g/mol. The Kier molecular flexibility index (Phi) is 6.92. The van der Waals surface area contributed by atoms with E-state index in [-0.39, 0.29) is 30.5 Å². The van der Waals surface area contributed by atoms with Crippen molar-refractivity contribution < 1.29 is 27.9 Å². The average molecular weight is 490 g/mol. The van der Waals surface area contributed by atoms with Crippen LogP contribution in [0.5, 0.6) is 0 Å². The second kappa shape index (κ2) is 9.90. The molecule has 186 valence electrons. The zero-order valence-corrected chi connectivity index (χ0v) is 19.2. The van der Waals surface area contributed by atoms with Gasteiger partial charge in [0.2, 0.25) is 11.9 Å². The van der Waals surface area contributed by atoms with E-state index >= 15 is 0 Å². The molecule has 1 aliphatic carbocycles. The lowest BCUT2D eigenvalue weighted by Crippen LogP contribution is -2.28. The normalized spacial score (nSPS) is 17.9. The molecule has 0 spiro atoms. The SMILES string of the molecule is CN(C)C(=O)Cn1c(NC(=O)c2c(F)cc(F)cc2F)nc2cnc(N[C@H]3CC[C@H](O)CC3)cc21. The van der Waals surface area contributed by atoms with Crippen LogP contribution in [0, 0.1) is 17.5 Å². The maximum atomic E-state index is 14.1. The predicted octanol–water partition coefficient (Wildman–Crippen LogP) is 2.90. The Hall–Kier alpha value is -3.67. The summed E-state index contributed by atoms with van der Waals surface area (Å²) in [5.41, 5.74) is -0.163. The van der Waals surface area contributed by atoms with E-state index in [1.807, 2.05) is 0 Å². The first-order valence-electron chi connectivity index (χ1n) is 11.1. The molecule has 1 aromatic carbocycles. The standard InChI is InChI=1S/C23H25F3N6O3/c1-31(2)20(34)11-32-18-9-19(28-13-3-5-14(33)6-4-13)27-10-17(18)29-23(32)30-22(35)21-15(25)7-12(24)8-16(21)26/h7-10,13-14,33H,3-6,11H2,1-2H3,(H,27,28)(H,29,30,35)/t13-,14-. The van der Waals surface area contributed by atoms with E-state index in [0.29, 0.717) is 41.8 Å². The number of imidazole rings is 1. The zero-order valence-electron chi connectivity index (χ0n) is 19.2. The van der Waals surface area contributed by atoms with Gasteiger partial charge in [-0.05, 0) is 25.7 Å². The van der Waals surface area contributed by atoms with Gasteiger partial charge in [-0.25, -0.2) is 23.1 Å². The van der Waals surface area contributed by atoms with Crippen LogP contribution in [0.4, 0.5) is 24.9 Å². The van der Waals surface area contributed by atoms with Gasteiger partial charge >= 0.3 is 0 Å². The molecule has 0 bridgehead atoms. The van der Waals surface area contributed by atoms with Gasteiger partial charge in [0.25, 0.3) is 5.91 Å². The van der Waals surface area contributed by atoms with E-state index in [1.165, 1.54) is 15.7 Å². The molecular formula is C23H25F3N6O3. The Morgan fingerprint density at radius 2 is 1.77 bits per heavy atom. The van der Waals surface area contributed by atoms with E-state index in [4.69, 9.17) is 0 Å². The quantitative estimate of drug-likeness (QED) is 0.490. The molecule has 2 aromatic heterocycles. The molecule has 35 heavy (non-hydrogen) atoms. The van der Waals surface area contributed by atoms with Gasteiger partial charge in [-0.15, -0.1) is 0 Å². The number of aromatic nitrogens is 3. The van der Waals surface area contributed by atoms with Crippen molar-refractivity contribution in [1.82, 2.24) is 19.4 Å². The number of carbonyl (C=O) groups excluding carboxylic acids is 2. The predicted molar refractivity (Wildman–Crippen MR) is 122 cm³/mol. The highest BCUT2D eigenvalue weighted by atomic mass is 19.1. The number of rotatable bonds is 6. The van der Waals surface area contributed by atoms with Crippen molar-refractivity contribution in [2.75, 3.05) is 24.7 Å². The van der Waals surface area contributed by atoms with Crippen molar-refractivity contribution in [1.29, 1.82) is 0 Å². The van der Waals surface area contributed by atoms with Crippen molar-refractivity contribution >= 4 is 34.6 Å². The first-order chi connectivity index (χ1) is 16.6. The fraction of sp³-hybridized carbons (Fsp3) is 0.391. The molecule has 2 amide bonds. The number of hydrogen-bond donors (Lipinski definition) is 3. The maximum Gasteiger partial charge on any atom is 0.263 e. The summed E-state index contributed by atoms with van der Waals surface area (Å²) >= 11 is 0. The van der Waals surface area contributed by atoms with E-state index in [1.54, 1.807) is 20.2 Å². The second-order valence-electron chi connectivity index (χ2n) is 8.72. The number of aliphatic hydroxyl groups excluding tert-OH is 1. The summed E-state index contributed by atoms with van der Waals surface area (Å²) in [6.07, 6.45) is 4.07. The number of aliphatic hydroxyl groups is 1. The van der Waals surface area contributed by atoms with Crippen LogP contribution in [0.25, 0.3) is 11.0 Å². The van der Waals surface area contributed by atoms with Gasteiger partial charge in [0.1, 0.15) is 40.9 Å². The molecule has 0 radical (unpaired) electrons. The van der Waals surface area contributed by atoms with Gasteiger partial charge in [0, 0.05) is 38.3 Å². The number of amides is 2. The Balaban J connectivity index is 1.68. The lowest BCUT2D eigenvalue weighted by Gasteiger charge is -2.26. The van der Waals surface area contributed by atoms with Crippen LogP contribution in [0.2, 0.25) is 0 Å². The third kappa shape index (κ3) is 5.37. The number of fused-ring (bicyclic) bond motifs is 1. The largest absolute Gasteiger partial charge is 0.393 e. The summed E-state index contributed by atoms with van der Waals surface area (Å²) in [6, 6.07) is 2.60. The van der Waals surface area contributed by atoms with Crippen LogP contribution >= 0.6 is 0 Å². The van der Waals surface area contributed by atoms with Crippen molar-refractivity contribution in [3.05, 3.63) is 47.4 Å². The summed E-state index contributed by atoms with van der Waals surface area (Å²) in [5.74, 6) is -4.98. The molecule has 12 heteroatoms. The number of anilines is 2. The number of pyridine rings is 1. The molecule has 4 rings (SSSR count). The lowest BCUT2D eigenvalue weighted by atomic mass is 9.93. The second-order valence-corrected chi connectivity index (χ2v) is 8.72. The molecule has 2 heterocycles. The van der Waals surface area contributed by atoms with Gasteiger partial charge in [0.15, 0.2) is 0 Å². The van der Waals surface area contributed by atoms with Crippen LogP contribution in [0.3, 0.4) is 0 Å². The van der Waals surface area contributed by atoms with E-state index in [0.717, 1.165) is 12.8 Å². The Bertz CT molecular complexity index is 1250. The van der Waals surface area contributed by atoms with Crippen molar-refractivity contribution in [2.45, 2.75) is 44.4 Å². The van der Waals surface area contributed by atoms with Crippen molar-refractivity contribution in [3.63, 3.8) is 0 Å². The molecule has 0 atom stereocenters. The number of hydrogen-bond acceptors (Lipinski definition) is 6. The highest BCUT2D eigenvalue weighted by molar-refractivity contribution is 6.04. The minimum absolute atomic E-state index is 0.117. The molecule has 3 N–H and O–H groups in total. The number of carbonyl (C=O) groups is 2. The van der Waals surface area contributed by atoms with Crippen LogP contribution in [0.15, 0.2) is 24.4 Å². The fourth-order valence-electron chi connectivity index (χ4n) is 3.99. The Morgan fingerprint density at radius 3 is 2.40 bits per heavy atom.